The van der Waals surface area contributed by atoms with Gasteiger partial charge in [-0.25, -0.2) is 4.68 Å². The summed E-state index contributed by atoms with van der Waals surface area (Å²) in [5.41, 5.74) is -0.920. The molecule has 0 amide bonds. The Kier molecular flexibility index (Phi) is 3.16. The predicted octanol–water partition coefficient (Wildman–Crippen LogP) is 2.51. The van der Waals surface area contributed by atoms with Gasteiger partial charge in [0, 0.05) is 18.2 Å². The monoisotopic (exact) mass is 220 g/mol. The number of carbonyl (C=O) groups excluding carboxylic acids is 1. The van der Waals surface area contributed by atoms with E-state index in [1.807, 2.05) is 0 Å². The zero-order valence-corrected chi connectivity index (χ0v) is 8.43. The van der Waals surface area contributed by atoms with Gasteiger partial charge in [-0.2, -0.15) is 18.3 Å². The van der Waals surface area contributed by atoms with Crippen molar-refractivity contribution in [2.45, 2.75) is 32.9 Å². The number of alkyl halides is 3. The summed E-state index contributed by atoms with van der Waals surface area (Å²) in [7, 11) is 0. The highest BCUT2D eigenvalue weighted by Gasteiger charge is 2.36. The maximum Gasteiger partial charge on any atom is 0.435 e. The maximum atomic E-state index is 12.4. The zero-order chi connectivity index (χ0) is 11.6. The number of halogens is 3. The van der Waals surface area contributed by atoms with Gasteiger partial charge in [-0.3, -0.25) is 4.79 Å². The predicted molar refractivity (Wildman–Crippen MR) is 47.5 cm³/mol. The molecule has 0 aromatic carbocycles. The lowest BCUT2D eigenvalue weighted by Crippen LogP contribution is -2.13. The fourth-order valence-electron chi connectivity index (χ4n) is 1.20. The summed E-state index contributed by atoms with van der Waals surface area (Å²) in [5.74, 6) is -0.444. The third-order valence-corrected chi connectivity index (χ3v) is 2.00. The van der Waals surface area contributed by atoms with Crippen molar-refractivity contribution in [3.05, 3.63) is 17.5 Å². The van der Waals surface area contributed by atoms with E-state index >= 15 is 0 Å². The summed E-state index contributed by atoms with van der Waals surface area (Å²) in [6.45, 7) is 3.16. The van der Waals surface area contributed by atoms with Crippen LogP contribution in [0.1, 0.15) is 36.3 Å². The molecule has 1 aromatic rings. The van der Waals surface area contributed by atoms with Gasteiger partial charge in [-0.15, -0.1) is 0 Å². The molecule has 1 heterocycles. The van der Waals surface area contributed by atoms with E-state index < -0.39 is 17.8 Å². The first-order valence-corrected chi connectivity index (χ1v) is 4.59. The SMILES string of the molecule is CCC(=O)n1cc(CC)c(C(F)(F)F)n1. The Morgan fingerprint density at radius 3 is 2.40 bits per heavy atom. The molecule has 0 radical (unpaired) electrons. The minimum Gasteiger partial charge on any atom is -0.273 e. The topological polar surface area (TPSA) is 34.9 Å². The molecule has 0 spiro atoms. The molecule has 6 heteroatoms. The van der Waals surface area contributed by atoms with Crippen molar-refractivity contribution in [2.24, 2.45) is 0 Å². The van der Waals surface area contributed by atoms with Gasteiger partial charge < -0.3 is 0 Å². The standard InChI is InChI=1S/C9H11F3N2O/c1-3-6-5-14(7(15)4-2)13-8(6)9(10,11)12/h5H,3-4H2,1-2H3. The van der Waals surface area contributed by atoms with E-state index in [1.165, 1.54) is 0 Å². The molecule has 0 aliphatic heterocycles. The van der Waals surface area contributed by atoms with Crippen LogP contribution in [0.3, 0.4) is 0 Å². The molecule has 0 saturated carbocycles. The van der Waals surface area contributed by atoms with Gasteiger partial charge >= 0.3 is 6.18 Å². The summed E-state index contributed by atoms with van der Waals surface area (Å²) in [4.78, 5) is 11.2. The molecule has 0 unspecified atom stereocenters. The molecular formula is C9H11F3N2O. The van der Waals surface area contributed by atoms with Gasteiger partial charge in [0.05, 0.1) is 0 Å². The first-order chi connectivity index (χ1) is 6.90. The first-order valence-electron chi connectivity index (χ1n) is 4.59. The summed E-state index contributed by atoms with van der Waals surface area (Å²) in [5, 5.41) is 3.27. The number of hydrogen-bond acceptors (Lipinski definition) is 2. The van der Waals surface area contributed by atoms with E-state index in [0.717, 1.165) is 10.9 Å². The normalized spacial score (nSPS) is 11.8. The van der Waals surface area contributed by atoms with Gasteiger partial charge in [0.2, 0.25) is 5.91 Å². The van der Waals surface area contributed by atoms with E-state index in [4.69, 9.17) is 0 Å². The minimum atomic E-state index is -4.50. The molecule has 0 saturated heterocycles. The minimum absolute atomic E-state index is 0.0456. The molecule has 0 aliphatic carbocycles. The Morgan fingerprint density at radius 1 is 1.47 bits per heavy atom. The summed E-state index contributed by atoms with van der Waals surface area (Å²) in [6, 6.07) is 0. The molecule has 0 bridgehead atoms. The number of rotatable bonds is 2. The van der Waals surface area contributed by atoms with Gasteiger partial charge in [0.1, 0.15) is 0 Å². The molecule has 0 aliphatic rings. The Bertz CT molecular complexity index is 368. The van der Waals surface area contributed by atoms with Crippen molar-refractivity contribution in [1.29, 1.82) is 0 Å². The van der Waals surface area contributed by atoms with Crippen molar-refractivity contribution in [2.75, 3.05) is 0 Å². The quantitative estimate of drug-likeness (QED) is 0.767. The number of carbonyl (C=O) groups is 1. The van der Waals surface area contributed by atoms with Crippen LogP contribution >= 0.6 is 0 Å². The van der Waals surface area contributed by atoms with Gasteiger partial charge in [0.15, 0.2) is 5.69 Å². The van der Waals surface area contributed by atoms with Crippen molar-refractivity contribution in [3.8, 4) is 0 Å². The van der Waals surface area contributed by atoms with Crippen molar-refractivity contribution in [3.63, 3.8) is 0 Å². The third-order valence-electron chi connectivity index (χ3n) is 2.00. The Balaban J connectivity index is 3.17. The van der Waals surface area contributed by atoms with Crippen LogP contribution < -0.4 is 0 Å². The lowest BCUT2D eigenvalue weighted by molar-refractivity contribution is -0.141. The van der Waals surface area contributed by atoms with Crippen molar-refractivity contribution in [1.82, 2.24) is 9.78 Å². The third kappa shape index (κ3) is 2.37. The van der Waals surface area contributed by atoms with Crippen LogP contribution in [0.5, 0.6) is 0 Å². The lowest BCUT2D eigenvalue weighted by atomic mass is 10.2. The van der Waals surface area contributed by atoms with Crippen LogP contribution in [-0.4, -0.2) is 15.7 Å². The van der Waals surface area contributed by atoms with Crippen LogP contribution in [0.15, 0.2) is 6.20 Å². The van der Waals surface area contributed by atoms with Crippen LogP contribution in [-0.2, 0) is 12.6 Å². The molecule has 0 fully saturated rings. The molecule has 3 nitrogen and oxygen atoms in total. The van der Waals surface area contributed by atoms with E-state index in [-0.39, 0.29) is 18.4 Å². The average molecular weight is 220 g/mol. The fourth-order valence-corrected chi connectivity index (χ4v) is 1.20. The van der Waals surface area contributed by atoms with Gasteiger partial charge in [0.25, 0.3) is 0 Å². The Labute approximate surface area is 84.9 Å². The molecular weight excluding hydrogens is 209 g/mol. The second-order valence-electron chi connectivity index (χ2n) is 3.05. The van der Waals surface area contributed by atoms with Gasteiger partial charge in [-0.1, -0.05) is 13.8 Å². The highest BCUT2D eigenvalue weighted by Crippen LogP contribution is 2.30. The first kappa shape index (κ1) is 11.7. The maximum absolute atomic E-state index is 12.4. The summed E-state index contributed by atoms with van der Waals surface area (Å²) < 4.78 is 38.1. The smallest absolute Gasteiger partial charge is 0.273 e. The Hall–Kier alpha value is -1.33. The summed E-state index contributed by atoms with van der Waals surface area (Å²) in [6.07, 6.45) is -3.02. The van der Waals surface area contributed by atoms with Crippen molar-refractivity contribution < 1.29 is 18.0 Å². The number of hydrogen-bond donors (Lipinski definition) is 0. The lowest BCUT2D eigenvalue weighted by Gasteiger charge is -2.03. The average Bonchev–Trinajstić information content (AvgIpc) is 2.59. The van der Waals surface area contributed by atoms with Crippen LogP contribution in [0.4, 0.5) is 13.2 Å². The molecule has 15 heavy (non-hydrogen) atoms. The number of nitrogens with zero attached hydrogens (tertiary/aromatic N) is 2. The van der Waals surface area contributed by atoms with E-state index in [9.17, 15) is 18.0 Å². The largest absolute Gasteiger partial charge is 0.435 e. The van der Waals surface area contributed by atoms with E-state index in [1.54, 1.807) is 13.8 Å². The highest BCUT2D eigenvalue weighted by molar-refractivity contribution is 5.77. The number of aryl methyl sites for hydroxylation is 1. The second kappa shape index (κ2) is 4.04. The van der Waals surface area contributed by atoms with Crippen LogP contribution in [0.25, 0.3) is 0 Å². The van der Waals surface area contributed by atoms with Crippen molar-refractivity contribution >= 4 is 5.91 Å². The molecule has 1 rings (SSSR count). The fraction of sp³-hybridized carbons (Fsp3) is 0.556. The summed E-state index contributed by atoms with van der Waals surface area (Å²) >= 11 is 0. The molecule has 0 N–H and O–H groups in total. The van der Waals surface area contributed by atoms with Crippen LogP contribution in [0.2, 0.25) is 0 Å². The van der Waals surface area contributed by atoms with Gasteiger partial charge in [-0.05, 0) is 6.42 Å². The molecule has 84 valence electrons. The zero-order valence-electron chi connectivity index (χ0n) is 8.43. The Morgan fingerprint density at radius 2 is 2.07 bits per heavy atom. The highest BCUT2D eigenvalue weighted by atomic mass is 19.4. The van der Waals surface area contributed by atoms with E-state index in [2.05, 4.69) is 5.10 Å². The van der Waals surface area contributed by atoms with Crippen LogP contribution in [0, 0.1) is 0 Å². The molecule has 1 aromatic heterocycles. The van der Waals surface area contributed by atoms with E-state index in [0.29, 0.717) is 0 Å². The second-order valence-corrected chi connectivity index (χ2v) is 3.05. The molecule has 0 atom stereocenters. The number of aromatic nitrogens is 2.